The Balaban J connectivity index is 0.000000490. The number of aromatic nitrogens is 1. The van der Waals surface area contributed by atoms with E-state index >= 15 is 0 Å². The molecule has 0 aliphatic heterocycles. The van der Waals surface area contributed by atoms with Crippen LogP contribution in [0.2, 0.25) is 0 Å². The number of ether oxygens (including phenoxy) is 1. The minimum absolute atomic E-state index is 0. The molecule has 0 saturated heterocycles. The van der Waals surface area contributed by atoms with Crippen molar-refractivity contribution in [2.45, 2.75) is 0 Å². The smallest absolute Gasteiger partial charge is 0.0929 e. The Kier molecular flexibility index (Phi) is 4.10. The molecular formula is C4H4NO2Y-. The minimum Gasteiger partial charge on any atom is -0.562 e. The normalized spacial score (nSPS) is 7.62. The van der Waals surface area contributed by atoms with Crippen LogP contribution in [0.15, 0.2) is 10.6 Å². The first-order chi connectivity index (χ1) is 3.43. The van der Waals surface area contributed by atoms with Gasteiger partial charge in [0.2, 0.25) is 0 Å². The molecule has 0 aliphatic carbocycles. The van der Waals surface area contributed by atoms with Crippen LogP contribution < -0.4 is 4.74 Å². The second-order valence-electron chi connectivity index (χ2n) is 0.987. The summed E-state index contributed by atoms with van der Waals surface area (Å²) in [4.78, 5) is 0. The third kappa shape index (κ3) is 1.92. The fourth-order valence-corrected chi connectivity index (χ4v) is 0.271. The van der Waals surface area contributed by atoms with Crippen molar-refractivity contribution in [1.82, 2.24) is 5.16 Å². The summed E-state index contributed by atoms with van der Waals surface area (Å²) in [5.41, 5.74) is 0. The predicted molar refractivity (Wildman–Crippen MR) is 21.9 cm³/mol. The molecule has 0 amide bonds. The molecule has 41 valence electrons. The largest absolute Gasteiger partial charge is 0.562 e. The second kappa shape index (κ2) is 4.04. The molecule has 1 heterocycles. The summed E-state index contributed by atoms with van der Waals surface area (Å²) in [6.07, 6.45) is 2.37. The van der Waals surface area contributed by atoms with Crippen molar-refractivity contribution >= 4 is 0 Å². The Labute approximate surface area is 72.3 Å². The van der Waals surface area contributed by atoms with Gasteiger partial charge in [0.05, 0.1) is 13.0 Å². The average molecular weight is 187 g/mol. The molecule has 8 heavy (non-hydrogen) atoms. The molecule has 1 rings (SSSR count). The summed E-state index contributed by atoms with van der Waals surface area (Å²) in [6, 6.07) is 1.51. The SMILES string of the molecule is COc1c[c-]on1.[Y]. The van der Waals surface area contributed by atoms with Crippen LogP contribution in [0, 0.1) is 6.26 Å². The molecule has 3 nitrogen and oxygen atoms in total. The Morgan fingerprint density at radius 2 is 2.62 bits per heavy atom. The second-order valence-corrected chi connectivity index (χ2v) is 0.987. The van der Waals surface area contributed by atoms with Gasteiger partial charge in [-0.25, -0.2) is 0 Å². The molecule has 0 atom stereocenters. The van der Waals surface area contributed by atoms with Gasteiger partial charge in [0.1, 0.15) is 0 Å². The van der Waals surface area contributed by atoms with Crippen molar-refractivity contribution in [1.29, 1.82) is 0 Å². The predicted octanol–water partition coefficient (Wildman–Crippen LogP) is 0.481. The third-order valence-corrected chi connectivity index (χ3v) is 0.580. The Bertz CT molecular complexity index is 129. The molecule has 0 fully saturated rings. The van der Waals surface area contributed by atoms with Crippen LogP contribution in [0.4, 0.5) is 0 Å². The average Bonchev–Trinajstić information content (AvgIpc) is 2.14. The van der Waals surface area contributed by atoms with Gasteiger partial charge in [0.15, 0.2) is 0 Å². The van der Waals surface area contributed by atoms with Crippen LogP contribution in [-0.4, -0.2) is 12.3 Å². The molecule has 0 aromatic carbocycles. The molecule has 0 spiro atoms. The zero-order valence-electron chi connectivity index (χ0n) is 4.42. The van der Waals surface area contributed by atoms with E-state index in [-0.39, 0.29) is 32.7 Å². The van der Waals surface area contributed by atoms with Crippen LogP contribution in [-0.2, 0) is 32.7 Å². The summed E-state index contributed by atoms with van der Waals surface area (Å²) < 4.78 is 8.92. The first-order valence-corrected chi connectivity index (χ1v) is 1.80. The number of methoxy groups -OCH3 is 1. The van der Waals surface area contributed by atoms with E-state index in [0.29, 0.717) is 5.88 Å². The molecular weight excluding hydrogens is 183 g/mol. The van der Waals surface area contributed by atoms with E-state index in [2.05, 4.69) is 20.7 Å². The van der Waals surface area contributed by atoms with Crippen molar-refractivity contribution < 1.29 is 42.0 Å². The molecule has 0 saturated carbocycles. The van der Waals surface area contributed by atoms with Gasteiger partial charge in [-0.1, -0.05) is 0 Å². The molecule has 1 aromatic heterocycles. The Morgan fingerprint density at radius 1 is 1.88 bits per heavy atom. The van der Waals surface area contributed by atoms with Crippen molar-refractivity contribution in [2.24, 2.45) is 0 Å². The van der Waals surface area contributed by atoms with Gasteiger partial charge in [-0.2, -0.15) is 5.16 Å². The first-order valence-electron chi connectivity index (χ1n) is 1.80. The van der Waals surface area contributed by atoms with Crippen LogP contribution in [0.3, 0.4) is 0 Å². The molecule has 1 aromatic rings. The molecule has 0 aliphatic rings. The van der Waals surface area contributed by atoms with Crippen molar-refractivity contribution in [3.63, 3.8) is 0 Å². The van der Waals surface area contributed by atoms with Crippen LogP contribution in [0.5, 0.6) is 5.88 Å². The number of hydrogen-bond acceptors (Lipinski definition) is 3. The first kappa shape index (κ1) is 8.11. The maximum atomic E-state index is 4.62. The van der Waals surface area contributed by atoms with Crippen molar-refractivity contribution in [2.75, 3.05) is 7.11 Å². The monoisotopic (exact) mass is 187 g/mol. The van der Waals surface area contributed by atoms with Crippen molar-refractivity contribution in [3.8, 4) is 5.88 Å². The van der Waals surface area contributed by atoms with Gasteiger partial charge < -0.3 is 9.26 Å². The van der Waals surface area contributed by atoms with E-state index in [9.17, 15) is 0 Å². The summed E-state index contributed by atoms with van der Waals surface area (Å²) in [5.74, 6) is 0.458. The van der Waals surface area contributed by atoms with Gasteiger partial charge in [0.25, 0.3) is 0 Å². The fraction of sp³-hybridized carbons (Fsp3) is 0.250. The minimum atomic E-state index is 0. The number of rotatable bonds is 1. The topological polar surface area (TPSA) is 35.3 Å². The van der Waals surface area contributed by atoms with E-state index in [1.165, 1.54) is 13.2 Å². The van der Waals surface area contributed by atoms with Gasteiger partial charge in [-0.05, 0) is 6.26 Å². The Morgan fingerprint density at radius 3 is 2.88 bits per heavy atom. The van der Waals surface area contributed by atoms with Gasteiger partial charge >= 0.3 is 0 Å². The van der Waals surface area contributed by atoms with E-state index in [1.54, 1.807) is 0 Å². The molecule has 1 radical (unpaired) electrons. The van der Waals surface area contributed by atoms with Gasteiger partial charge in [-0.15, -0.1) is 6.07 Å². The zero-order valence-corrected chi connectivity index (χ0v) is 7.26. The van der Waals surface area contributed by atoms with E-state index in [1.807, 2.05) is 0 Å². The summed E-state index contributed by atoms with van der Waals surface area (Å²) in [6.45, 7) is 0. The molecule has 0 bridgehead atoms. The van der Waals surface area contributed by atoms with Crippen LogP contribution in [0.25, 0.3) is 0 Å². The zero-order chi connectivity index (χ0) is 5.11. The fourth-order valence-electron chi connectivity index (χ4n) is 0.271. The van der Waals surface area contributed by atoms with Crippen molar-refractivity contribution in [3.05, 3.63) is 12.3 Å². The molecule has 0 N–H and O–H groups in total. The van der Waals surface area contributed by atoms with Crippen LogP contribution in [0.1, 0.15) is 0 Å². The Hall–Kier alpha value is 0.114. The van der Waals surface area contributed by atoms with Gasteiger partial charge in [0, 0.05) is 32.7 Å². The maximum Gasteiger partial charge on any atom is 0.0929 e. The maximum absolute atomic E-state index is 4.62. The van der Waals surface area contributed by atoms with E-state index < -0.39 is 0 Å². The number of hydrogen-bond donors (Lipinski definition) is 0. The molecule has 4 heteroatoms. The summed E-state index contributed by atoms with van der Waals surface area (Å²) in [5, 5.41) is 3.38. The summed E-state index contributed by atoms with van der Waals surface area (Å²) in [7, 11) is 1.52. The van der Waals surface area contributed by atoms with E-state index in [4.69, 9.17) is 0 Å². The quantitative estimate of drug-likeness (QED) is 0.599. The number of nitrogens with zero attached hydrogens (tertiary/aromatic N) is 1. The van der Waals surface area contributed by atoms with Crippen LogP contribution >= 0.6 is 0 Å². The molecule has 0 unspecified atom stereocenters. The standard InChI is InChI=1S/C4H4NO2.Y/c1-6-4-2-3-7-5-4;/h2H,1H3;/q-1;. The third-order valence-electron chi connectivity index (χ3n) is 0.580. The summed E-state index contributed by atoms with van der Waals surface area (Å²) >= 11 is 0. The van der Waals surface area contributed by atoms with E-state index in [0.717, 1.165) is 0 Å². The van der Waals surface area contributed by atoms with Gasteiger partial charge in [-0.3, -0.25) is 0 Å².